The largest absolute Gasteiger partial charge is 0.484 e. The summed E-state index contributed by atoms with van der Waals surface area (Å²) in [7, 11) is 0. The molecule has 3 aromatic rings. The topological polar surface area (TPSA) is 104 Å². The zero-order valence-electron chi connectivity index (χ0n) is 15.1. The number of furan rings is 1. The van der Waals surface area contributed by atoms with Crippen LogP contribution in [0, 0.1) is 0 Å². The molecular weight excluding hydrogens is 360 g/mol. The third kappa shape index (κ3) is 5.38. The summed E-state index contributed by atoms with van der Waals surface area (Å²) >= 11 is 0. The fourth-order valence-corrected chi connectivity index (χ4v) is 2.52. The molecule has 0 unspecified atom stereocenters. The molecule has 144 valence electrons. The highest BCUT2D eigenvalue weighted by Gasteiger charge is 2.13. The first-order valence-corrected chi connectivity index (χ1v) is 8.64. The molecule has 7 nitrogen and oxygen atoms in total. The first-order valence-electron chi connectivity index (χ1n) is 8.64. The number of nitrogens with two attached hydrogens (primary N) is 1. The molecular formula is C21H20N2O5. The molecule has 3 rings (SSSR count). The van der Waals surface area contributed by atoms with Gasteiger partial charge in [-0.1, -0.05) is 24.3 Å². The molecule has 0 saturated carbocycles. The Kier molecular flexibility index (Phi) is 6.30. The molecule has 28 heavy (non-hydrogen) atoms. The van der Waals surface area contributed by atoms with Crippen molar-refractivity contribution in [2.45, 2.75) is 13.2 Å². The minimum absolute atomic E-state index is 0.0686. The van der Waals surface area contributed by atoms with E-state index in [9.17, 15) is 9.59 Å². The summed E-state index contributed by atoms with van der Waals surface area (Å²) < 4.78 is 16.0. The summed E-state index contributed by atoms with van der Waals surface area (Å²) in [5.74, 6) is 0.227. The number of ether oxygens (including phenoxy) is 2. The number of carbonyl (C=O) groups excluding carboxylic acids is 2. The molecule has 1 amide bonds. The van der Waals surface area contributed by atoms with E-state index in [0.29, 0.717) is 23.5 Å². The average Bonchev–Trinajstić information content (AvgIpc) is 3.23. The lowest BCUT2D eigenvalue weighted by atomic mass is 10.1. The van der Waals surface area contributed by atoms with Crippen molar-refractivity contribution >= 4 is 17.6 Å². The Morgan fingerprint density at radius 1 is 1.04 bits per heavy atom. The van der Waals surface area contributed by atoms with Gasteiger partial charge in [0.2, 0.25) is 0 Å². The van der Waals surface area contributed by atoms with Crippen LogP contribution in [0.4, 0.5) is 5.69 Å². The third-order valence-electron chi connectivity index (χ3n) is 3.83. The van der Waals surface area contributed by atoms with Gasteiger partial charge in [0, 0.05) is 5.69 Å². The number of primary amides is 1. The lowest BCUT2D eigenvalue weighted by Gasteiger charge is -2.11. The van der Waals surface area contributed by atoms with E-state index in [1.54, 1.807) is 54.8 Å². The Morgan fingerprint density at radius 2 is 1.89 bits per heavy atom. The third-order valence-corrected chi connectivity index (χ3v) is 3.83. The summed E-state index contributed by atoms with van der Waals surface area (Å²) in [6.45, 7) is 0.313. The van der Waals surface area contributed by atoms with Gasteiger partial charge < -0.3 is 24.9 Å². The lowest BCUT2D eigenvalue weighted by molar-refractivity contribution is -0.119. The second-order valence-electron chi connectivity index (χ2n) is 5.96. The second-order valence-corrected chi connectivity index (χ2v) is 5.96. The zero-order valence-corrected chi connectivity index (χ0v) is 15.1. The fraction of sp³-hybridized carbons (Fsp3) is 0.143. The number of carbonyl (C=O) groups is 2. The van der Waals surface area contributed by atoms with Gasteiger partial charge in [0.05, 0.1) is 18.4 Å². The fourth-order valence-electron chi connectivity index (χ4n) is 2.52. The number of esters is 1. The summed E-state index contributed by atoms with van der Waals surface area (Å²) in [4.78, 5) is 23.3. The predicted molar refractivity (Wildman–Crippen MR) is 103 cm³/mol. The second kappa shape index (κ2) is 9.27. The van der Waals surface area contributed by atoms with Crippen molar-refractivity contribution in [1.29, 1.82) is 0 Å². The SMILES string of the molecule is NC(=O)COc1cccc(COC(=O)c2ccccc2NCc2ccco2)c1. The average molecular weight is 380 g/mol. The molecule has 0 aliphatic carbocycles. The number of anilines is 1. The van der Waals surface area contributed by atoms with Crippen molar-refractivity contribution in [2.24, 2.45) is 5.73 Å². The highest BCUT2D eigenvalue weighted by molar-refractivity contribution is 5.95. The smallest absolute Gasteiger partial charge is 0.340 e. The van der Waals surface area contributed by atoms with Crippen molar-refractivity contribution in [3.8, 4) is 5.75 Å². The molecule has 0 bridgehead atoms. The molecule has 0 fully saturated rings. The highest BCUT2D eigenvalue weighted by atomic mass is 16.5. The minimum Gasteiger partial charge on any atom is -0.484 e. The molecule has 0 aliphatic heterocycles. The first-order chi connectivity index (χ1) is 13.6. The predicted octanol–water partition coefficient (Wildman–Crippen LogP) is 3.11. The van der Waals surface area contributed by atoms with E-state index < -0.39 is 11.9 Å². The number of nitrogens with one attached hydrogen (secondary N) is 1. The van der Waals surface area contributed by atoms with Gasteiger partial charge in [-0.2, -0.15) is 0 Å². The maximum atomic E-state index is 12.5. The Labute approximate surface area is 162 Å². The van der Waals surface area contributed by atoms with Crippen LogP contribution in [0.2, 0.25) is 0 Å². The summed E-state index contributed by atoms with van der Waals surface area (Å²) in [5.41, 5.74) is 6.88. The Morgan fingerprint density at radius 3 is 2.68 bits per heavy atom. The lowest BCUT2D eigenvalue weighted by Crippen LogP contribution is -2.20. The van der Waals surface area contributed by atoms with Crippen LogP contribution in [0.1, 0.15) is 21.7 Å². The quantitative estimate of drug-likeness (QED) is 0.553. The van der Waals surface area contributed by atoms with E-state index in [1.165, 1.54) is 0 Å². The number of benzene rings is 2. The standard InChI is InChI=1S/C21H20N2O5/c22-20(24)14-27-16-6-3-5-15(11-16)13-28-21(25)18-8-1-2-9-19(18)23-12-17-7-4-10-26-17/h1-11,23H,12-14H2,(H2,22,24). The highest BCUT2D eigenvalue weighted by Crippen LogP contribution is 2.19. The van der Waals surface area contributed by atoms with Crippen LogP contribution in [-0.2, 0) is 22.7 Å². The maximum absolute atomic E-state index is 12.5. The van der Waals surface area contributed by atoms with Crippen LogP contribution in [0.25, 0.3) is 0 Å². The van der Waals surface area contributed by atoms with Gasteiger partial charge in [0.15, 0.2) is 6.61 Å². The first kappa shape index (κ1) is 19.0. The van der Waals surface area contributed by atoms with E-state index in [4.69, 9.17) is 19.6 Å². The van der Waals surface area contributed by atoms with Crippen molar-refractivity contribution in [1.82, 2.24) is 0 Å². The van der Waals surface area contributed by atoms with E-state index in [-0.39, 0.29) is 13.2 Å². The van der Waals surface area contributed by atoms with Crippen molar-refractivity contribution in [3.05, 3.63) is 83.8 Å². The van der Waals surface area contributed by atoms with Gasteiger partial charge in [0.1, 0.15) is 18.1 Å². The van der Waals surface area contributed by atoms with E-state index >= 15 is 0 Å². The van der Waals surface area contributed by atoms with Gasteiger partial charge in [-0.25, -0.2) is 4.79 Å². The molecule has 1 heterocycles. The van der Waals surface area contributed by atoms with Gasteiger partial charge in [-0.3, -0.25) is 4.79 Å². The number of para-hydroxylation sites is 1. The van der Waals surface area contributed by atoms with E-state index in [1.807, 2.05) is 12.1 Å². The van der Waals surface area contributed by atoms with E-state index in [0.717, 1.165) is 11.3 Å². The van der Waals surface area contributed by atoms with Gasteiger partial charge in [-0.15, -0.1) is 0 Å². The number of hydrogen-bond acceptors (Lipinski definition) is 6. The minimum atomic E-state index is -0.560. The van der Waals surface area contributed by atoms with E-state index in [2.05, 4.69) is 5.32 Å². The Hall–Kier alpha value is -3.74. The molecule has 0 aliphatic rings. The molecule has 1 aromatic heterocycles. The van der Waals surface area contributed by atoms with Crippen LogP contribution in [-0.4, -0.2) is 18.5 Å². The van der Waals surface area contributed by atoms with Gasteiger partial charge in [-0.05, 0) is 42.0 Å². The Bertz CT molecular complexity index is 937. The van der Waals surface area contributed by atoms with Crippen LogP contribution in [0.15, 0.2) is 71.3 Å². The normalized spacial score (nSPS) is 10.3. The van der Waals surface area contributed by atoms with Crippen LogP contribution in [0.5, 0.6) is 5.75 Å². The molecule has 0 atom stereocenters. The van der Waals surface area contributed by atoms with Gasteiger partial charge >= 0.3 is 5.97 Å². The van der Waals surface area contributed by atoms with Crippen molar-refractivity contribution in [2.75, 3.05) is 11.9 Å². The number of hydrogen-bond donors (Lipinski definition) is 2. The molecule has 0 saturated heterocycles. The van der Waals surface area contributed by atoms with Crippen molar-refractivity contribution < 1.29 is 23.5 Å². The molecule has 0 radical (unpaired) electrons. The molecule has 0 spiro atoms. The number of rotatable bonds is 9. The Balaban J connectivity index is 1.60. The van der Waals surface area contributed by atoms with Crippen LogP contribution < -0.4 is 15.8 Å². The number of amides is 1. The van der Waals surface area contributed by atoms with Crippen LogP contribution >= 0.6 is 0 Å². The summed E-state index contributed by atoms with van der Waals surface area (Å²) in [6.07, 6.45) is 1.60. The zero-order chi connectivity index (χ0) is 19.8. The molecule has 3 N–H and O–H groups in total. The molecule has 7 heteroatoms. The van der Waals surface area contributed by atoms with Crippen LogP contribution in [0.3, 0.4) is 0 Å². The monoisotopic (exact) mass is 380 g/mol. The maximum Gasteiger partial charge on any atom is 0.340 e. The van der Waals surface area contributed by atoms with Crippen molar-refractivity contribution in [3.63, 3.8) is 0 Å². The van der Waals surface area contributed by atoms with Gasteiger partial charge in [0.25, 0.3) is 5.91 Å². The summed E-state index contributed by atoms with van der Waals surface area (Å²) in [6, 6.07) is 17.7. The summed E-state index contributed by atoms with van der Waals surface area (Å²) in [5, 5.41) is 3.17. The molecule has 2 aromatic carbocycles.